The Hall–Kier alpha value is -3.27. The van der Waals surface area contributed by atoms with Crippen molar-refractivity contribution < 1.29 is 26.2 Å². The molecule has 0 aliphatic rings. The van der Waals surface area contributed by atoms with Crippen molar-refractivity contribution in [3.63, 3.8) is 0 Å². The van der Waals surface area contributed by atoms with Gasteiger partial charge in [0, 0.05) is 44.2 Å². The van der Waals surface area contributed by atoms with Gasteiger partial charge in [0.15, 0.2) is 0 Å². The third-order valence-corrected chi connectivity index (χ3v) is 7.15. The van der Waals surface area contributed by atoms with E-state index in [0.717, 1.165) is 43.7 Å². The molecule has 0 aliphatic heterocycles. The summed E-state index contributed by atoms with van der Waals surface area (Å²) in [7, 11) is 0. The number of pyridine rings is 3. The van der Waals surface area contributed by atoms with E-state index >= 15 is 0 Å². The first-order chi connectivity index (χ1) is 18.2. The van der Waals surface area contributed by atoms with Crippen molar-refractivity contribution in [2.24, 2.45) is 0 Å². The molecule has 0 spiro atoms. The van der Waals surface area contributed by atoms with Crippen molar-refractivity contribution in [2.45, 2.75) is 50.0 Å². The molecule has 39 heavy (non-hydrogen) atoms. The summed E-state index contributed by atoms with van der Waals surface area (Å²) in [6.07, 6.45) is 1.80. The molecule has 0 saturated heterocycles. The molecule has 0 amide bonds. The Morgan fingerprint density at radius 2 is 1.44 bits per heavy atom. The van der Waals surface area contributed by atoms with Gasteiger partial charge in [-0.25, -0.2) is 4.98 Å². The Bertz CT molecular complexity index is 1590. The largest absolute Gasteiger partial charge is 0.507 e. The molecule has 4 nitrogen and oxygen atoms in total. The first-order valence-electron chi connectivity index (χ1n) is 12.6. The number of rotatable bonds is 5. The van der Waals surface area contributed by atoms with Gasteiger partial charge in [-0.1, -0.05) is 61.7 Å². The summed E-state index contributed by atoms with van der Waals surface area (Å²) < 4.78 is 0. The van der Waals surface area contributed by atoms with Crippen molar-refractivity contribution in [3.05, 3.63) is 108 Å². The molecule has 1 N–H and O–H groups in total. The van der Waals surface area contributed by atoms with Crippen LogP contribution < -0.4 is 0 Å². The van der Waals surface area contributed by atoms with E-state index in [1.165, 1.54) is 5.56 Å². The number of benzene rings is 2. The van der Waals surface area contributed by atoms with Crippen LogP contribution >= 0.6 is 11.8 Å². The molecule has 0 bridgehead atoms. The number of hydrogen-bond donors (Lipinski definition) is 1. The molecule has 0 atom stereocenters. The Balaban J connectivity index is 0.00000353. The van der Waals surface area contributed by atoms with Crippen molar-refractivity contribution in [2.75, 3.05) is 0 Å². The van der Waals surface area contributed by atoms with E-state index in [2.05, 4.69) is 67.1 Å². The second kappa shape index (κ2) is 11.9. The standard InChI is InChI=1S/C33H30N3OS.Pt/c1-21-14-23(15-22(2)35-21)24-18-29(36-30(19-24)28-10-6-7-11-31(28)37)25-16-26(33(3,4)5)20-27(17-25)38-32-12-8-9-13-34-32;/h6-16,18-20,37H,1-5H3;/q-1;. The molecule has 3 heterocycles. The molecule has 2 aromatic carbocycles. The van der Waals surface area contributed by atoms with Crippen LogP contribution in [0.4, 0.5) is 0 Å². The first-order valence-corrected chi connectivity index (χ1v) is 13.4. The van der Waals surface area contributed by atoms with Crippen molar-refractivity contribution in [3.8, 4) is 39.4 Å². The Morgan fingerprint density at radius 1 is 0.769 bits per heavy atom. The number of phenolic OH excluding ortho intramolecular Hbond substituents is 1. The topological polar surface area (TPSA) is 58.9 Å². The van der Waals surface area contributed by atoms with E-state index in [4.69, 9.17) is 4.98 Å². The number of para-hydroxylation sites is 1. The minimum Gasteiger partial charge on any atom is -0.507 e. The van der Waals surface area contributed by atoms with Crippen LogP contribution in [-0.2, 0) is 26.5 Å². The number of aryl methyl sites for hydroxylation is 2. The van der Waals surface area contributed by atoms with E-state index < -0.39 is 0 Å². The predicted octanol–water partition coefficient (Wildman–Crippen LogP) is 8.44. The molecule has 3 aromatic heterocycles. The van der Waals surface area contributed by atoms with Gasteiger partial charge in [0.25, 0.3) is 0 Å². The molecule has 200 valence electrons. The number of nitrogens with zero attached hydrogens (tertiary/aromatic N) is 3. The summed E-state index contributed by atoms with van der Waals surface area (Å²) >= 11 is 1.59. The van der Waals surface area contributed by atoms with Crippen molar-refractivity contribution in [1.29, 1.82) is 0 Å². The van der Waals surface area contributed by atoms with Crippen LogP contribution in [0.2, 0.25) is 0 Å². The van der Waals surface area contributed by atoms with Gasteiger partial charge >= 0.3 is 0 Å². The van der Waals surface area contributed by atoms with Gasteiger partial charge in [0.05, 0.1) is 10.7 Å². The molecule has 0 unspecified atom stereocenters. The van der Waals surface area contributed by atoms with Gasteiger partial charge in [-0.2, -0.15) is 0 Å². The summed E-state index contributed by atoms with van der Waals surface area (Å²) in [6.45, 7) is 10.6. The fourth-order valence-corrected chi connectivity index (χ4v) is 5.19. The zero-order valence-electron chi connectivity index (χ0n) is 22.6. The molecular weight excluding hydrogens is 682 g/mol. The van der Waals surface area contributed by atoms with E-state index in [1.807, 2.05) is 56.3 Å². The summed E-state index contributed by atoms with van der Waals surface area (Å²) in [5.41, 5.74) is 8.19. The van der Waals surface area contributed by atoms with Gasteiger partial charge < -0.3 is 5.11 Å². The van der Waals surface area contributed by atoms with Crippen LogP contribution in [-0.4, -0.2) is 20.1 Å². The van der Waals surface area contributed by atoms with Gasteiger partial charge in [-0.3, -0.25) is 9.97 Å². The minimum atomic E-state index is -0.0687. The summed E-state index contributed by atoms with van der Waals surface area (Å²) in [5, 5.41) is 11.6. The van der Waals surface area contributed by atoms with Crippen LogP contribution in [0, 0.1) is 19.9 Å². The van der Waals surface area contributed by atoms with Crippen LogP contribution in [0.15, 0.2) is 95.0 Å². The average molecular weight is 712 g/mol. The van der Waals surface area contributed by atoms with E-state index in [-0.39, 0.29) is 32.2 Å². The van der Waals surface area contributed by atoms with Crippen LogP contribution in [0.25, 0.3) is 33.6 Å². The summed E-state index contributed by atoms with van der Waals surface area (Å²) in [6, 6.07) is 29.5. The third kappa shape index (κ3) is 6.84. The first kappa shape index (κ1) is 28.7. The van der Waals surface area contributed by atoms with E-state index in [9.17, 15) is 5.11 Å². The third-order valence-electron chi connectivity index (χ3n) is 6.26. The monoisotopic (exact) mass is 711 g/mol. The van der Waals surface area contributed by atoms with Crippen LogP contribution in [0.3, 0.4) is 0 Å². The predicted molar refractivity (Wildman–Crippen MR) is 155 cm³/mol. The zero-order chi connectivity index (χ0) is 26.9. The van der Waals surface area contributed by atoms with Crippen molar-refractivity contribution >= 4 is 11.8 Å². The van der Waals surface area contributed by atoms with Gasteiger partial charge in [0.1, 0.15) is 5.75 Å². The molecular formula is C33H30N3OPtS-. The fraction of sp³-hybridized carbons (Fsp3) is 0.182. The quantitative estimate of drug-likeness (QED) is 0.186. The van der Waals surface area contributed by atoms with Crippen LogP contribution in [0.1, 0.15) is 37.7 Å². The van der Waals surface area contributed by atoms with Gasteiger partial charge in [0.2, 0.25) is 0 Å². The van der Waals surface area contributed by atoms with Gasteiger partial charge in [-0.05, 0) is 78.5 Å². The van der Waals surface area contributed by atoms with Crippen LogP contribution in [0.5, 0.6) is 5.75 Å². The number of aromatic hydroxyl groups is 1. The molecule has 6 heteroatoms. The maximum absolute atomic E-state index is 10.7. The van der Waals surface area contributed by atoms with E-state index in [0.29, 0.717) is 11.3 Å². The Morgan fingerprint density at radius 3 is 2.10 bits per heavy atom. The normalized spacial score (nSPS) is 11.2. The summed E-state index contributed by atoms with van der Waals surface area (Å²) in [4.78, 5) is 15.1. The van der Waals surface area contributed by atoms with Gasteiger partial charge in [-0.15, -0.1) is 29.3 Å². The molecule has 0 aliphatic carbocycles. The average Bonchev–Trinajstić information content (AvgIpc) is 2.88. The number of phenols is 1. The van der Waals surface area contributed by atoms with Crippen molar-refractivity contribution in [1.82, 2.24) is 15.0 Å². The number of aromatic nitrogens is 3. The second-order valence-corrected chi connectivity index (χ2v) is 11.5. The van der Waals surface area contributed by atoms with E-state index in [1.54, 1.807) is 24.0 Å². The molecule has 5 rings (SSSR count). The molecule has 0 fully saturated rings. The maximum Gasteiger partial charge on any atom is 0.124 e. The summed E-state index contributed by atoms with van der Waals surface area (Å²) in [5.74, 6) is 0.198. The second-order valence-electron chi connectivity index (χ2n) is 10.4. The minimum absolute atomic E-state index is 0. The number of hydrogen-bond acceptors (Lipinski definition) is 5. The fourth-order valence-electron chi connectivity index (χ4n) is 4.35. The Labute approximate surface area is 249 Å². The Kier molecular flexibility index (Phi) is 8.73. The molecule has 5 aromatic rings. The SMILES string of the molecule is Cc1cc(-c2cc(-c3[c-]c(Sc4ccccn4)cc(C(C)(C)C)c3)nc(-c3ccccc3O)c2)cc(C)n1.[Pt]. The smallest absolute Gasteiger partial charge is 0.124 e. The molecule has 0 saturated carbocycles. The zero-order valence-corrected chi connectivity index (χ0v) is 25.7. The molecule has 0 radical (unpaired) electrons. The maximum atomic E-state index is 10.7.